The molecule has 1 aliphatic heterocycles. The van der Waals surface area contributed by atoms with Crippen molar-refractivity contribution < 1.29 is 14.0 Å². The summed E-state index contributed by atoms with van der Waals surface area (Å²) in [7, 11) is 0. The third kappa shape index (κ3) is 6.45. The lowest BCUT2D eigenvalue weighted by Gasteiger charge is -2.35. The number of piperazine rings is 1. The van der Waals surface area contributed by atoms with Gasteiger partial charge in [-0.05, 0) is 36.8 Å². The maximum absolute atomic E-state index is 13.0. The minimum absolute atomic E-state index is 0.228. The van der Waals surface area contributed by atoms with Gasteiger partial charge in [0.05, 0.1) is 12.6 Å². The minimum atomic E-state index is -0.320. The van der Waals surface area contributed by atoms with Crippen molar-refractivity contribution in [3.05, 3.63) is 66.0 Å². The van der Waals surface area contributed by atoms with E-state index >= 15 is 0 Å². The number of amidine groups is 1. The number of nitrogens with one attached hydrogen (secondary N) is 1. The van der Waals surface area contributed by atoms with Crippen LogP contribution in [-0.4, -0.2) is 56.0 Å². The molecule has 2 aromatic rings. The smallest absolute Gasteiger partial charge is 0.261 e. The average molecular weight is 413 g/mol. The maximum Gasteiger partial charge on any atom is 0.261 e. The van der Waals surface area contributed by atoms with Crippen molar-refractivity contribution in [1.82, 2.24) is 10.2 Å². The first-order valence-electron chi connectivity index (χ1n) is 10.0. The molecule has 1 heterocycles. The number of hydrogen-bond acceptors (Lipinski definition) is 5. The number of oxime groups is 1. The van der Waals surface area contributed by atoms with Crippen LogP contribution >= 0.6 is 0 Å². The zero-order valence-corrected chi connectivity index (χ0v) is 17.1. The predicted octanol–water partition coefficient (Wildman–Crippen LogP) is 2.11. The van der Waals surface area contributed by atoms with Gasteiger partial charge >= 0.3 is 0 Å². The van der Waals surface area contributed by atoms with Crippen LogP contribution in [0.25, 0.3) is 0 Å². The second-order valence-electron chi connectivity index (χ2n) is 7.30. The van der Waals surface area contributed by atoms with Gasteiger partial charge in [0.25, 0.3) is 5.91 Å². The second-order valence-corrected chi connectivity index (χ2v) is 7.30. The Labute approximate surface area is 176 Å². The third-order valence-corrected chi connectivity index (χ3v) is 5.00. The van der Waals surface area contributed by atoms with E-state index in [0.29, 0.717) is 12.4 Å². The Kier molecular flexibility index (Phi) is 7.62. The van der Waals surface area contributed by atoms with Crippen molar-refractivity contribution in [3.63, 3.8) is 0 Å². The minimum Gasteiger partial charge on any atom is -0.384 e. The van der Waals surface area contributed by atoms with Crippen molar-refractivity contribution in [2.24, 2.45) is 10.9 Å². The summed E-state index contributed by atoms with van der Waals surface area (Å²) in [5.74, 6) is -0.297. The Balaban J connectivity index is 1.36. The van der Waals surface area contributed by atoms with Gasteiger partial charge in [-0.2, -0.15) is 0 Å². The van der Waals surface area contributed by atoms with Crippen LogP contribution in [0.3, 0.4) is 0 Å². The fourth-order valence-corrected chi connectivity index (χ4v) is 3.35. The standard InChI is InChI=1S/C22H28FN5O2/c1-17(18-7-9-19(23)10-8-18)25-22(29)16-30-26-21(24)15-27-11-13-28(14-12-27)20-5-3-2-4-6-20/h2-10,17H,11-16H2,1H3,(H2,24,26)(H,25,29). The molecule has 1 fully saturated rings. The van der Waals surface area contributed by atoms with E-state index in [0.717, 1.165) is 31.7 Å². The quantitative estimate of drug-likeness (QED) is 0.394. The fourth-order valence-electron chi connectivity index (χ4n) is 3.35. The first-order chi connectivity index (χ1) is 14.5. The summed E-state index contributed by atoms with van der Waals surface area (Å²) in [6.07, 6.45) is 0. The Morgan fingerprint density at radius 2 is 1.80 bits per heavy atom. The molecule has 160 valence electrons. The van der Waals surface area contributed by atoms with E-state index in [9.17, 15) is 9.18 Å². The van der Waals surface area contributed by atoms with E-state index in [2.05, 4.69) is 32.4 Å². The largest absolute Gasteiger partial charge is 0.384 e. The molecular formula is C22H28FN5O2. The summed E-state index contributed by atoms with van der Waals surface area (Å²) in [4.78, 5) is 21.6. The molecule has 0 spiro atoms. The highest BCUT2D eigenvalue weighted by atomic mass is 19.1. The highest BCUT2D eigenvalue weighted by Crippen LogP contribution is 2.15. The van der Waals surface area contributed by atoms with Crippen LogP contribution in [0.4, 0.5) is 10.1 Å². The number of anilines is 1. The molecule has 1 aliphatic rings. The Morgan fingerprint density at radius 3 is 2.47 bits per heavy atom. The number of halogens is 1. The monoisotopic (exact) mass is 413 g/mol. The van der Waals surface area contributed by atoms with E-state index in [1.807, 2.05) is 25.1 Å². The van der Waals surface area contributed by atoms with Gasteiger partial charge in [0.1, 0.15) is 5.82 Å². The number of hydrogen-bond donors (Lipinski definition) is 2. The van der Waals surface area contributed by atoms with E-state index in [-0.39, 0.29) is 24.4 Å². The van der Waals surface area contributed by atoms with Crippen LogP contribution in [0.1, 0.15) is 18.5 Å². The molecule has 1 atom stereocenters. The lowest BCUT2D eigenvalue weighted by Crippen LogP contribution is -2.49. The average Bonchev–Trinajstić information content (AvgIpc) is 2.75. The Bertz CT molecular complexity index is 836. The predicted molar refractivity (Wildman–Crippen MR) is 116 cm³/mol. The zero-order valence-electron chi connectivity index (χ0n) is 17.1. The van der Waals surface area contributed by atoms with Gasteiger partial charge in [-0.15, -0.1) is 0 Å². The molecule has 1 amide bonds. The topological polar surface area (TPSA) is 83.2 Å². The first-order valence-corrected chi connectivity index (χ1v) is 10.0. The third-order valence-electron chi connectivity index (χ3n) is 5.00. The molecule has 2 aromatic carbocycles. The molecule has 30 heavy (non-hydrogen) atoms. The number of carbonyl (C=O) groups is 1. The van der Waals surface area contributed by atoms with Gasteiger partial charge in [-0.1, -0.05) is 35.5 Å². The highest BCUT2D eigenvalue weighted by Gasteiger charge is 2.18. The lowest BCUT2D eigenvalue weighted by atomic mass is 10.1. The molecule has 7 nitrogen and oxygen atoms in total. The molecular weight excluding hydrogens is 385 g/mol. The maximum atomic E-state index is 13.0. The summed E-state index contributed by atoms with van der Waals surface area (Å²) in [6, 6.07) is 16.1. The summed E-state index contributed by atoms with van der Waals surface area (Å²) >= 11 is 0. The molecule has 0 aromatic heterocycles. The number of rotatable bonds is 8. The molecule has 1 saturated heterocycles. The van der Waals surface area contributed by atoms with Gasteiger partial charge in [-0.25, -0.2) is 4.39 Å². The Hall–Kier alpha value is -3.13. The molecule has 3 N–H and O–H groups in total. The number of para-hydroxylation sites is 1. The van der Waals surface area contributed by atoms with Gasteiger partial charge in [0, 0.05) is 31.9 Å². The van der Waals surface area contributed by atoms with Crippen LogP contribution in [0.2, 0.25) is 0 Å². The van der Waals surface area contributed by atoms with Crippen LogP contribution < -0.4 is 16.0 Å². The number of nitrogens with two attached hydrogens (primary N) is 1. The molecule has 0 radical (unpaired) electrons. The van der Waals surface area contributed by atoms with Crippen LogP contribution in [0.5, 0.6) is 0 Å². The normalized spacial score (nSPS) is 16.2. The highest BCUT2D eigenvalue weighted by molar-refractivity contribution is 5.82. The summed E-state index contributed by atoms with van der Waals surface area (Å²) in [5.41, 5.74) is 7.98. The summed E-state index contributed by atoms with van der Waals surface area (Å²) in [6.45, 7) is 5.67. The summed E-state index contributed by atoms with van der Waals surface area (Å²) in [5, 5.41) is 6.63. The Morgan fingerprint density at radius 1 is 1.13 bits per heavy atom. The number of amides is 1. The number of nitrogens with zero attached hydrogens (tertiary/aromatic N) is 3. The molecule has 1 unspecified atom stereocenters. The van der Waals surface area contributed by atoms with Crippen molar-refractivity contribution in [2.75, 3.05) is 44.2 Å². The van der Waals surface area contributed by atoms with E-state index in [1.165, 1.54) is 17.8 Å². The number of benzene rings is 2. The zero-order chi connectivity index (χ0) is 21.3. The lowest BCUT2D eigenvalue weighted by molar-refractivity contribution is -0.126. The molecule has 3 rings (SSSR count). The molecule has 8 heteroatoms. The van der Waals surface area contributed by atoms with Gasteiger partial charge in [0.2, 0.25) is 0 Å². The van der Waals surface area contributed by atoms with Crippen LogP contribution in [-0.2, 0) is 9.63 Å². The van der Waals surface area contributed by atoms with Crippen molar-refractivity contribution in [3.8, 4) is 0 Å². The van der Waals surface area contributed by atoms with Crippen molar-refractivity contribution in [1.29, 1.82) is 0 Å². The van der Waals surface area contributed by atoms with Crippen LogP contribution in [0.15, 0.2) is 59.8 Å². The van der Waals surface area contributed by atoms with Gasteiger partial charge in [-0.3, -0.25) is 9.69 Å². The van der Waals surface area contributed by atoms with Gasteiger partial charge in [0.15, 0.2) is 12.4 Å². The molecule has 0 bridgehead atoms. The van der Waals surface area contributed by atoms with Crippen LogP contribution in [0, 0.1) is 5.82 Å². The second kappa shape index (κ2) is 10.6. The van der Waals surface area contributed by atoms with Gasteiger partial charge < -0.3 is 20.8 Å². The fraction of sp³-hybridized carbons (Fsp3) is 0.364. The number of carbonyl (C=O) groups excluding carboxylic acids is 1. The first kappa shape index (κ1) is 21.6. The molecule has 0 saturated carbocycles. The van der Waals surface area contributed by atoms with Crippen molar-refractivity contribution >= 4 is 17.4 Å². The summed E-state index contributed by atoms with van der Waals surface area (Å²) < 4.78 is 13.0. The van der Waals surface area contributed by atoms with E-state index in [1.54, 1.807) is 12.1 Å². The molecule has 0 aliphatic carbocycles. The van der Waals surface area contributed by atoms with E-state index < -0.39 is 0 Å². The van der Waals surface area contributed by atoms with Crippen molar-refractivity contribution in [2.45, 2.75) is 13.0 Å². The SMILES string of the molecule is CC(NC(=O)CON=C(N)CN1CCN(c2ccccc2)CC1)c1ccc(F)cc1. The van der Waals surface area contributed by atoms with E-state index in [4.69, 9.17) is 10.6 Å².